The van der Waals surface area contributed by atoms with E-state index in [9.17, 15) is 4.79 Å². The van der Waals surface area contributed by atoms with E-state index in [-0.39, 0.29) is 18.7 Å². The predicted octanol–water partition coefficient (Wildman–Crippen LogP) is 1.08. The molecule has 1 saturated carbocycles. The molecule has 0 heterocycles. The van der Waals surface area contributed by atoms with Crippen molar-refractivity contribution in [1.82, 2.24) is 0 Å². The maximum absolute atomic E-state index is 11.6. The van der Waals surface area contributed by atoms with Crippen LogP contribution in [0.4, 0.5) is 0 Å². The van der Waals surface area contributed by atoms with Crippen molar-refractivity contribution >= 4 is 5.97 Å². The number of hydrogen-bond donors (Lipinski definition) is 1. The Morgan fingerprint density at radius 2 is 2.07 bits per heavy atom. The Kier molecular flexibility index (Phi) is 4.11. The molecule has 1 aliphatic rings. The summed E-state index contributed by atoms with van der Waals surface area (Å²) in [5.41, 5.74) is 5.08. The minimum Gasteiger partial charge on any atom is -0.462 e. The van der Waals surface area contributed by atoms with E-state index in [0.29, 0.717) is 12.5 Å². The SMILES string of the molecule is CC(C)OCCOC(=O)C(C)(N)C1CC1. The van der Waals surface area contributed by atoms with Crippen molar-refractivity contribution in [1.29, 1.82) is 0 Å². The summed E-state index contributed by atoms with van der Waals surface area (Å²) in [4.78, 5) is 11.6. The van der Waals surface area contributed by atoms with Gasteiger partial charge in [-0.1, -0.05) is 0 Å². The minimum absolute atomic E-state index is 0.163. The van der Waals surface area contributed by atoms with Gasteiger partial charge in [-0.3, -0.25) is 4.79 Å². The molecular formula is C11H21NO3. The van der Waals surface area contributed by atoms with Gasteiger partial charge in [0.05, 0.1) is 12.7 Å². The maximum atomic E-state index is 11.6. The Morgan fingerprint density at radius 1 is 1.47 bits per heavy atom. The van der Waals surface area contributed by atoms with Gasteiger partial charge in [0.1, 0.15) is 12.1 Å². The fourth-order valence-electron chi connectivity index (χ4n) is 1.42. The first-order valence-corrected chi connectivity index (χ1v) is 5.52. The minimum atomic E-state index is -0.808. The number of nitrogens with two attached hydrogens (primary N) is 1. The third-order valence-electron chi connectivity index (χ3n) is 2.63. The van der Waals surface area contributed by atoms with E-state index < -0.39 is 5.54 Å². The molecule has 0 bridgehead atoms. The van der Waals surface area contributed by atoms with E-state index >= 15 is 0 Å². The fraction of sp³-hybridized carbons (Fsp3) is 0.909. The number of rotatable bonds is 6. The molecule has 1 fully saturated rings. The Bertz CT molecular complexity index is 222. The van der Waals surface area contributed by atoms with Crippen LogP contribution in [0.3, 0.4) is 0 Å². The second kappa shape index (κ2) is 4.94. The molecule has 88 valence electrons. The third-order valence-corrected chi connectivity index (χ3v) is 2.63. The van der Waals surface area contributed by atoms with E-state index in [1.807, 2.05) is 13.8 Å². The normalized spacial score (nSPS) is 20.1. The molecule has 0 aromatic carbocycles. The lowest BCUT2D eigenvalue weighted by molar-refractivity contribution is -0.152. The van der Waals surface area contributed by atoms with Crippen molar-refractivity contribution in [3.8, 4) is 0 Å². The molecule has 0 aliphatic heterocycles. The summed E-state index contributed by atoms with van der Waals surface area (Å²) in [6.45, 7) is 6.36. The summed E-state index contributed by atoms with van der Waals surface area (Å²) in [6.07, 6.45) is 2.23. The van der Waals surface area contributed by atoms with Gasteiger partial charge in [-0.05, 0) is 39.5 Å². The number of ether oxygens (including phenoxy) is 2. The average Bonchev–Trinajstić information content (AvgIpc) is 2.94. The molecule has 4 nitrogen and oxygen atoms in total. The Morgan fingerprint density at radius 3 is 2.53 bits per heavy atom. The second-order valence-corrected chi connectivity index (χ2v) is 4.61. The Labute approximate surface area is 91.1 Å². The highest BCUT2D eigenvalue weighted by molar-refractivity contribution is 5.80. The van der Waals surface area contributed by atoms with Gasteiger partial charge in [-0.25, -0.2) is 0 Å². The molecule has 0 aromatic heterocycles. The van der Waals surface area contributed by atoms with Crippen LogP contribution in [0.1, 0.15) is 33.6 Å². The van der Waals surface area contributed by atoms with Crippen LogP contribution in [-0.2, 0) is 14.3 Å². The summed E-state index contributed by atoms with van der Waals surface area (Å²) < 4.78 is 10.3. The van der Waals surface area contributed by atoms with Gasteiger partial charge in [0.25, 0.3) is 0 Å². The number of carbonyl (C=O) groups is 1. The van der Waals surface area contributed by atoms with Gasteiger partial charge < -0.3 is 15.2 Å². The smallest absolute Gasteiger partial charge is 0.326 e. The van der Waals surface area contributed by atoms with E-state index in [1.54, 1.807) is 6.92 Å². The van der Waals surface area contributed by atoms with Crippen LogP contribution in [0.15, 0.2) is 0 Å². The zero-order chi connectivity index (χ0) is 11.5. The van der Waals surface area contributed by atoms with E-state index in [4.69, 9.17) is 15.2 Å². The molecule has 15 heavy (non-hydrogen) atoms. The topological polar surface area (TPSA) is 61.5 Å². The molecule has 1 atom stereocenters. The molecule has 1 unspecified atom stereocenters. The first kappa shape index (κ1) is 12.5. The van der Waals surface area contributed by atoms with Gasteiger partial charge in [-0.2, -0.15) is 0 Å². The zero-order valence-electron chi connectivity index (χ0n) is 9.79. The summed E-state index contributed by atoms with van der Waals surface area (Å²) in [6, 6.07) is 0. The molecule has 1 aliphatic carbocycles. The Balaban J connectivity index is 2.18. The van der Waals surface area contributed by atoms with Crippen LogP contribution in [0, 0.1) is 5.92 Å². The van der Waals surface area contributed by atoms with Crippen molar-refractivity contribution in [2.24, 2.45) is 11.7 Å². The summed E-state index contributed by atoms with van der Waals surface area (Å²) >= 11 is 0. The summed E-state index contributed by atoms with van der Waals surface area (Å²) in [5.74, 6) is -0.00614. The lowest BCUT2D eigenvalue weighted by Crippen LogP contribution is -2.48. The number of hydrogen-bond acceptors (Lipinski definition) is 4. The van der Waals surface area contributed by atoms with E-state index in [0.717, 1.165) is 12.8 Å². The van der Waals surface area contributed by atoms with Crippen molar-refractivity contribution in [2.75, 3.05) is 13.2 Å². The van der Waals surface area contributed by atoms with Gasteiger partial charge in [-0.15, -0.1) is 0 Å². The summed E-state index contributed by atoms with van der Waals surface area (Å²) in [7, 11) is 0. The van der Waals surface area contributed by atoms with Gasteiger partial charge in [0, 0.05) is 0 Å². The number of esters is 1. The molecule has 0 spiro atoms. The van der Waals surface area contributed by atoms with Crippen LogP contribution < -0.4 is 5.73 Å². The highest BCUT2D eigenvalue weighted by atomic mass is 16.6. The van der Waals surface area contributed by atoms with Crippen LogP contribution >= 0.6 is 0 Å². The fourth-order valence-corrected chi connectivity index (χ4v) is 1.42. The van der Waals surface area contributed by atoms with Crippen molar-refractivity contribution in [3.63, 3.8) is 0 Å². The average molecular weight is 215 g/mol. The monoisotopic (exact) mass is 215 g/mol. The van der Waals surface area contributed by atoms with Crippen LogP contribution in [0.2, 0.25) is 0 Å². The molecule has 2 N–H and O–H groups in total. The lowest BCUT2D eigenvalue weighted by atomic mass is 9.98. The molecular weight excluding hydrogens is 194 g/mol. The first-order chi connectivity index (χ1) is 6.94. The quantitative estimate of drug-likeness (QED) is 0.532. The molecule has 0 radical (unpaired) electrons. The van der Waals surface area contributed by atoms with Crippen LogP contribution in [0.5, 0.6) is 0 Å². The molecule has 0 saturated heterocycles. The van der Waals surface area contributed by atoms with Gasteiger partial charge >= 0.3 is 5.97 Å². The first-order valence-electron chi connectivity index (χ1n) is 5.52. The highest BCUT2D eigenvalue weighted by Gasteiger charge is 2.45. The van der Waals surface area contributed by atoms with E-state index in [2.05, 4.69) is 0 Å². The number of carbonyl (C=O) groups excluding carboxylic acids is 1. The lowest BCUT2D eigenvalue weighted by Gasteiger charge is -2.22. The van der Waals surface area contributed by atoms with E-state index in [1.165, 1.54) is 0 Å². The van der Waals surface area contributed by atoms with Crippen molar-refractivity contribution in [3.05, 3.63) is 0 Å². The standard InChI is InChI=1S/C11H21NO3/c1-8(2)14-6-7-15-10(13)11(3,12)9-4-5-9/h8-9H,4-7,12H2,1-3H3. The second-order valence-electron chi connectivity index (χ2n) is 4.61. The van der Waals surface area contributed by atoms with Crippen LogP contribution in [0.25, 0.3) is 0 Å². The zero-order valence-corrected chi connectivity index (χ0v) is 9.79. The third kappa shape index (κ3) is 3.80. The van der Waals surface area contributed by atoms with Gasteiger partial charge in [0.2, 0.25) is 0 Å². The maximum Gasteiger partial charge on any atom is 0.326 e. The molecule has 0 amide bonds. The summed E-state index contributed by atoms with van der Waals surface area (Å²) in [5, 5.41) is 0. The molecule has 4 heteroatoms. The highest BCUT2D eigenvalue weighted by Crippen LogP contribution is 2.38. The van der Waals surface area contributed by atoms with Crippen molar-refractivity contribution < 1.29 is 14.3 Å². The van der Waals surface area contributed by atoms with Gasteiger partial charge in [0.15, 0.2) is 0 Å². The largest absolute Gasteiger partial charge is 0.462 e. The Hall–Kier alpha value is -0.610. The van der Waals surface area contributed by atoms with Crippen LogP contribution in [-0.4, -0.2) is 30.8 Å². The van der Waals surface area contributed by atoms with Crippen molar-refractivity contribution in [2.45, 2.75) is 45.3 Å². The molecule has 0 aromatic rings. The predicted molar refractivity (Wildman–Crippen MR) is 57.4 cm³/mol. The molecule has 1 rings (SSSR count).